The summed E-state index contributed by atoms with van der Waals surface area (Å²) in [6.45, 7) is 4.58. The number of hydrogen-bond acceptors (Lipinski definition) is 2. The third-order valence-electron chi connectivity index (χ3n) is 5.35. The van der Waals surface area contributed by atoms with Crippen LogP contribution in [0.25, 0.3) is 0 Å². The number of carboxylic acid groups (broad SMARTS) is 1. The second kappa shape index (κ2) is 16.0. The zero-order valence-electron chi connectivity index (χ0n) is 18.5. The van der Waals surface area contributed by atoms with E-state index >= 15 is 0 Å². The third-order valence-corrected chi connectivity index (χ3v) is 5.35. The first-order valence-corrected chi connectivity index (χ1v) is 11.5. The van der Waals surface area contributed by atoms with Gasteiger partial charge in [0.25, 0.3) is 0 Å². The highest BCUT2D eigenvalue weighted by Gasteiger charge is 2.19. The standard InChI is InChI=1S/C25H41NO3/c1-21(2)16-12-9-7-5-3-4-6-8-10-15-19-24(27)26-23(25(28)29)20-22-17-13-11-14-18-22/h11,13-14,17-18,21,23H,3-10,12,15-16,19-20H2,1-2H3,(H,26,27)(H,28,29). The van der Waals surface area contributed by atoms with Gasteiger partial charge in [0.2, 0.25) is 5.91 Å². The lowest BCUT2D eigenvalue weighted by molar-refractivity contribution is -0.141. The molecule has 0 aromatic heterocycles. The van der Waals surface area contributed by atoms with Gasteiger partial charge in [-0.25, -0.2) is 4.79 Å². The third kappa shape index (κ3) is 13.9. The van der Waals surface area contributed by atoms with Gasteiger partial charge in [-0.15, -0.1) is 0 Å². The quantitative estimate of drug-likeness (QED) is 0.307. The predicted octanol–water partition coefficient (Wildman–Crippen LogP) is 6.14. The van der Waals surface area contributed by atoms with Gasteiger partial charge in [-0.1, -0.05) is 108 Å². The van der Waals surface area contributed by atoms with E-state index in [0.717, 1.165) is 30.7 Å². The minimum Gasteiger partial charge on any atom is -0.480 e. The summed E-state index contributed by atoms with van der Waals surface area (Å²) >= 11 is 0. The van der Waals surface area contributed by atoms with Crippen molar-refractivity contribution in [3.8, 4) is 0 Å². The summed E-state index contributed by atoms with van der Waals surface area (Å²) in [6.07, 6.45) is 14.4. The Balaban J connectivity index is 2.02. The van der Waals surface area contributed by atoms with E-state index in [2.05, 4.69) is 19.2 Å². The molecule has 0 aliphatic carbocycles. The van der Waals surface area contributed by atoms with Gasteiger partial charge in [-0.05, 0) is 17.9 Å². The molecular weight excluding hydrogens is 362 g/mol. The molecule has 29 heavy (non-hydrogen) atoms. The molecule has 2 N–H and O–H groups in total. The van der Waals surface area contributed by atoms with Crippen molar-refractivity contribution in [3.63, 3.8) is 0 Å². The van der Waals surface area contributed by atoms with Crippen LogP contribution in [0.4, 0.5) is 0 Å². The van der Waals surface area contributed by atoms with E-state index in [9.17, 15) is 14.7 Å². The average molecular weight is 404 g/mol. The van der Waals surface area contributed by atoms with Gasteiger partial charge in [0.05, 0.1) is 0 Å². The number of rotatable bonds is 17. The minimum absolute atomic E-state index is 0.158. The highest BCUT2D eigenvalue weighted by Crippen LogP contribution is 2.14. The lowest BCUT2D eigenvalue weighted by Gasteiger charge is -2.14. The van der Waals surface area contributed by atoms with Gasteiger partial charge in [0, 0.05) is 12.8 Å². The molecule has 4 heteroatoms. The van der Waals surface area contributed by atoms with E-state index < -0.39 is 12.0 Å². The molecule has 0 saturated carbocycles. The smallest absolute Gasteiger partial charge is 0.326 e. The van der Waals surface area contributed by atoms with Gasteiger partial charge in [-0.2, -0.15) is 0 Å². The van der Waals surface area contributed by atoms with Crippen LogP contribution in [-0.4, -0.2) is 23.0 Å². The van der Waals surface area contributed by atoms with E-state index in [-0.39, 0.29) is 5.91 Å². The van der Waals surface area contributed by atoms with Gasteiger partial charge >= 0.3 is 5.97 Å². The number of unbranched alkanes of at least 4 members (excludes halogenated alkanes) is 9. The van der Waals surface area contributed by atoms with Crippen LogP contribution in [0.15, 0.2) is 30.3 Å². The van der Waals surface area contributed by atoms with Crippen LogP contribution in [-0.2, 0) is 16.0 Å². The molecule has 1 aromatic carbocycles. The Morgan fingerprint density at radius 1 is 0.828 bits per heavy atom. The molecule has 0 fully saturated rings. The Morgan fingerprint density at radius 3 is 1.86 bits per heavy atom. The molecule has 1 amide bonds. The van der Waals surface area contributed by atoms with E-state index in [1.165, 1.54) is 51.4 Å². The SMILES string of the molecule is CC(C)CCCCCCCCCCCCC(=O)NC(Cc1ccccc1)C(=O)O. The maximum absolute atomic E-state index is 12.1. The van der Waals surface area contributed by atoms with Gasteiger partial charge in [-0.3, -0.25) is 4.79 Å². The van der Waals surface area contributed by atoms with Crippen molar-refractivity contribution in [2.75, 3.05) is 0 Å². The lowest BCUT2D eigenvalue weighted by Crippen LogP contribution is -2.42. The molecule has 1 aromatic rings. The van der Waals surface area contributed by atoms with E-state index in [0.29, 0.717) is 12.8 Å². The Bertz CT molecular complexity index is 556. The number of aliphatic carboxylic acids is 1. The fraction of sp³-hybridized carbons (Fsp3) is 0.680. The second-order valence-corrected chi connectivity index (χ2v) is 8.62. The van der Waals surface area contributed by atoms with Crippen molar-refractivity contribution in [2.45, 2.75) is 103 Å². The zero-order valence-corrected chi connectivity index (χ0v) is 18.5. The summed E-state index contributed by atoms with van der Waals surface area (Å²) in [4.78, 5) is 23.5. The molecular formula is C25H41NO3. The van der Waals surface area contributed by atoms with E-state index in [4.69, 9.17) is 0 Å². The molecule has 1 atom stereocenters. The normalized spacial score (nSPS) is 12.1. The molecule has 0 aliphatic rings. The molecule has 164 valence electrons. The molecule has 0 heterocycles. The highest BCUT2D eigenvalue weighted by molar-refractivity contribution is 5.83. The Labute approximate surface area is 177 Å². The van der Waals surface area contributed by atoms with Crippen LogP contribution >= 0.6 is 0 Å². The summed E-state index contributed by atoms with van der Waals surface area (Å²) in [5.74, 6) is -0.308. The molecule has 0 saturated heterocycles. The number of amides is 1. The van der Waals surface area contributed by atoms with Gasteiger partial charge < -0.3 is 10.4 Å². The average Bonchev–Trinajstić information content (AvgIpc) is 2.68. The number of nitrogens with one attached hydrogen (secondary N) is 1. The van der Waals surface area contributed by atoms with Crippen molar-refractivity contribution in [1.82, 2.24) is 5.32 Å². The van der Waals surface area contributed by atoms with Crippen LogP contribution in [0.1, 0.15) is 96.5 Å². The van der Waals surface area contributed by atoms with Crippen molar-refractivity contribution < 1.29 is 14.7 Å². The lowest BCUT2D eigenvalue weighted by atomic mass is 10.0. The maximum atomic E-state index is 12.1. The molecule has 0 bridgehead atoms. The predicted molar refractivity (Wildman–Crippen MR) is 120 cm³/mol. The summed E-state index contributed by atoms with van der Waals surface area (Å²) in [6, 6.07) is 8.56. The van der Waals surface area contributed by atoms with E-state index in [1.54, 1.807) is 0 Å². The van der Waals surface area contributed by atoms with Crippen molar-refractivity contribution in [1.29, 1.82) is 0 Å². The number of benzene rings is 1. The van der Waals surface area contributed by atoms with Crippen LogP contribution in [0, 0.1) is 5.92 Å². The molecule has 4 nitrogen and oxygen atoms in total. The number of carboxylic acids is 1. The van der Waals surface area contributed by atoms with E-state index in [1.807, 2.05) is 30.3 Å². The Kier molecular flexibility index (Phi) is 13.9. The summed E-state index contributed by atoms with van der Waals surface area (Å²) in [7, 11) is 0. The summed E-state index contributed by atoms with van der Waals surface area (Å²) in [5.41, 5.74) is 0.917. The van der Waals surface area contributed by atoms with Crippen LogP contribution in [0.2, 0.25) is 0 Å². The van der Waals surface area contributed by atoms with Crippen molar-refractivity contribution >= 4 is 11.9 Å². The van der Waals surface area contributed by atoms with Crippen molar-refractivity contribution in [2.24, 2.45) is 5.92 Å². The largest absolute Gasteiger partial charge is 0.480 e. The van der Waals surface area contributed by atoms with Gasteiger partial charge in [0.1, 0.15) is 6.04 Å². The number of hydrogen-bond donors (Lipinski definition) is 2. The molecule has 0 aliphatic heterocycles. The van der Waals surface area contributed by atoms with Crippen LogP contribution in [0.5, 0.6) is 0 Å². The second-order valence-electron chi connectivity index (χ2n) is 8.62. The first-order chi connectivity index (χ1) is 14.0. The van der Waals surface area contributed by atoms with Crippen LogP contribution < -0.4 is 5.32 Å². The number of carbonyl (C=O) groups is 2. The molecule has 1 unspecified atom stereocenters. The summed E-state index contributed by atoms with van der Waals surface area (Å²) < 4.78 is 0. The fourth-order valence-electron chi connectivity index (χ4n) is 3.57. The monoisotopic (exact) mass is 403 g/mol. The van der Waals surface area contributed by atoms with Crippen LogP contribution in [0.3, 0.4) is 0 Å². The maximum Gasteiger partial charge on any atom is 0.326 e. The molecule has 0 radical (unpaired) electrons. The highest BCUT2D eigenvalue weighted by atomic mass is 16.4. The first kappa shape index (κ1) is 25.2. The Hall–Kier alpha value is -1.84. The fourth-order valence-corrected chi connectivity index (χ4v) is 3.57. The first-order valence-electron chi connectivity index (χ1n) is 11.5. The van der Waals surface area contributed by atoms with Gasteiger partial charge in [0.15, 0.2) is 0 Å². The summed E-state index contributed by atoms with van der Waals surface area (Å²) in [5, 5.41) is 12.0. The van der Waals surface area contributed by atoms with Crippen molar-refractivity contribution in [3.05, 3.63) is 35.9 Å². The molecule has 0 spiro atoms. The minimum atomic E-state index is -0.980. The molecule has 1 rings (SSSR count). The number of carbonyl (C=O) groups excluding carboxylic acids is 1. The topological polar surface area (TPSA) is 66.4 Å². The zero-order chi connectivity index (χ0) is 21.3. The Morgan fingerprint density at radius 2 is 1.34 bits per heavy atom.